The number of carbonyl (C=O) groups excluding carboxylic acids is 1. The Balaban J connectivity index is 3.79. The molecule has 0 radical (unpaired) electrons. The van der Waals surface area contributed by atoms with Crippen LogP contribution in [-0.2, 0) is 14.3 Å². The van der Waals surface area contributed by atoms with Gasteiger partial charge in [-0.3, -0.25) is 4.79 Å². The van der Waals surface area contributed by atoms with E-state index >= 15 is 0 Å². The molecule has 80 valence electrons. The van der Waals surface area contributed by atoms with Gasteiger partial charge in [-0.05, 0) is 6.42 Å². The zero-order chi connectivity index (χ0) is 11.0. The van der Waals surface area contributed by atoms with Crippen LogP contribution >= 0.6 is 0 Å². The van der Waals surface area contributed by atoms with E-state index in [0.717, 1.165) is 0 Å². The van der Waals surface area contributed by atoms with E-state index in [2.05, 4.69) is 10.1 Å². The number of methoxy groups -OCH3 is 1. The number of aliphatic carboxylic acids is 1. The second kappa shape index (κ2) is 7.08. The van der Waals surface area contributed by atoms with Crippen molar-refractivity contribution in [3.8, 4) is 0 Å². The van der Waals surface area contributed by atoms with E-state index in [-0.39, 0.29) is 12.5 Å². The molecule has 0 aromatic carbocycles. The molecule has 0 aromatic rings. The van der Waals surface area contributed by atoms with Crippen LogP contribution in [-0.4, -0.2) is 37.2 Å². The Morgan fingerprint density at radius 1 is 1.50 bits per heavy atom. The number of rotatable bonds is 6. The number of carbonyl (C=O) groups is 2. The molecular formula is C9H15NO4. The summed E-state index contributed by atoms with van der Waals surface area (Å²) in [5.41, 5.74) is 0.336. The molecule has 2 N–H and O–H groups in total. The van der Waals surface area contributed by atoms with Gasteiger partial charge in [0.05, 0.1) is 13.7 Å². The molecule has 0 rings (SSSR count). The second-order valence-electron chi connectivity index (χ2n) is 2.60. The Labute approximate surface area is 82.7 Å². The fraction of sp³-hybridized carbons (Fsp3) is 0.556. The van der Waals surface area contributed by atoms with Crippen LogP contribution in [0.2, 0.25) is 0 Å². The maximum absolute atomic E-state index is 10.6. The minimum atomic E-state index is -0.924. The first-order chi connectivity index (χ1) is 6.61. The number of carboxylic acids is 1. The first-order valence-corrected chi connectivity index (χ1v) is 4.31. The van der Waals surface area contributed by atoms with Crippen LogP contribution in [0.1, 0.15) is 13.3 Å². The normalized spacial score (nSPS) is 11.1. The lowest BCUT2D eigenvalue weighted by Crippen LogP contribution is -2.24. The lowest BCUT2D eigenvalue weighted by Gasteiger charge is -2.00. The average Bonchev–Trinajstić information content (AvgIpc) is 2.16. The van der Waals surface area contributed by atoms with Gasteiger partial charge >= 0.3 is 11.9 Å². The smallest absolute Gasteiger partial charge is 0.331 e. The van der Waals surface area contributed by atoms with Gasteiger partial charge in [0.1, 0.15) is 0 Å². The summed E-state index contributed by atoms with van der Waals surface area (Å²) in [6, 6.07) is 0. The van der Waals surface area contributed by atoms with Gasteiger partial charge in [-0.25, -0.2) is 4.79 Å². The lowest BCUT2D eigenvalue weighted by atomic mass is 10.2. The van der Waals surface area contributed by atoms with Crippen molar-refractivity contribution in [2.45, 2.75) is 13.3 Å². The van der Waals surface area contributed by atoms with Crippen LogP contribution in [0.4, 0.5) is 0 Å². The van der Waals surface area contributed by atoms with Gasteiger partial charge in [-0.2, -0.15) is 0 Å². The Morgan fingerprint density at radius 3 is 2.57 bits per heavy atom. The maximum atomic E-state index is 10.6. The second-order valence-corrected chi connectivity index (χ2v) is 2.60. The highest BCUT2D eigenvalue weighted by Crippen LogP contribution is 1.98. The van der Waals surface area contributed by atoms with E-state index in [0.29, 0.717) is 18.5 Å². The van der Waals surface area contributed by atoms with Crippen LogP contribution in [0.25, 0.3) is 0 Å². The number of hydrogen-bond acceptors (Lipinski definition) is 4. The molecule has 0 unspecified atom stereocenters. The highest BCUT2D eigenvalue weighted by molar-refractivity contribution is 5.86. The summed E-state index contributed by atoms with van der Waals surface area (Å²) in [6.07, 6.45) is 2.01. The molecule has 0 aliphatic heterocycles. The van der Waals surface area contributed by atoms with Gasteiger partial charge in [-0.15, -0.1) is 0 Å². The van der Waals surface area contributed by atoms with Crippen LogP contribution in [0.3, 0.4) is 0 Å². The van der Waals surface area contributed by atoms with Gasteiger partial charge in [0.15, 0.2) is 0 Å². The lowest BCUT2D eigenvalue weighted by molar-refractivity contribution is -0.139. The van der Waals surface area contributed by atoms with Crippen LogP contribution in [0.5, 0.6) is 0 Å². The molecule has 0 atom stereocenters. The van der Waals surface area contributed by atoms with Gasteiger partial charge in [-0.1, -0.05) is 13.0 Å². The summed E-state index contributed by atoms with van der Waals surface area (Å²) < 4.78 is 4.39. The molecular weight excluding hydrogens is 186 g/mol. The molecule has 0 aliphatic carbocycles. The molecule has 0 saturated heterocycles. The third-order valence-corrected chi connectivity index (χ3v) is 1.65. The summed E-state index contributed by atoms with van der Waals surface area (Å²) in [5.74, 6) is -1.29. The molecule has 0 amide bonds. The quantitative estimate of drug-likeness (QED) is 0.364. The largest absolute Gasteiger partial charge is 0.478 e. The van der Waals surface area contributed by atoms with Gasteiger partial charge in [0.25, 0.3) is 0 Å². The molecule has 0 aliphatic rings. The van der Waals surface area contributed by atoms with Crippen molar-refractivity contribution in [1.29, 1.82) is 0 Å². The third kappa shape index (κ3) is 5.31. The monoisotopic (exact) mass is 201 g/mol. The van der Waals surface area contributed by atoms with Crippen molar-refractivity contribution in [1.82, 2.24) is 5.32 Å². The molecule has 5 heteroatoms. The van der Waals surface area contributed by atoms with Gasteiger partial charge in [0.2, 0.25) is 0 Å². The Morgan fingerprint density at radius 2 is 2.14 bits per heavy atom. The first-order valence-electron chi connectivity index (χ1n) is 4.31. The van der Waals surface area contributed by atoms with Crippen molar-refractivity contribution >= 4 is 11.9 Å². The Kier molecular flexibility index (Phi) is 6.39. The van der Waals surface area contributed by atoms with E-state index < -0.39 is 5.97 Å². The molecule has 0 heterocycles. The van der Waals surface area contributed by atoms with Crippen molar-refractivity contribution in [3.63, 3.8) is 0 Å². The first kappa shape index (κ1) is 12.6. The predicted octanol–water partition coefficient (Wildman–Crippen LogP) is 0.170. The van der Waals surface area contributed by atoms with Gasteiger partial charge in [0, 0.05) is 12.1 Å². The third-order valence-electron chi connectivity index (χ3n) is 1.65. The number of ether oxygens (including phenoxy) is 1. The molecule has 0 spiro atoms. The van der Waals surface area contributed by atoms with Crippen LogP contribution in [0.15, 0.2) is 11.6 Å². The molecule has 0 saturated carbocycles. The minimum absolute atomic E-state index is 0.0869. The molecule has 0 aromatic heterocycles. The van der Waals surface area contributed by atoms with E-state index in [1.54, 1.807) is 13.0 Å². The standard InChI is InChI=1S/C9H15NO4/c1-3-7(9(12)13)4-5-10-6-8(11)14-2/h4,10H,3,5-6H2,1-2H3,(H,12,13). The topological polar surface area (TPSA) is 75.6 Å². The number of carboxylic acid groups (broad SMARTS) is 1. The van der Waals surface area contributed by atoms with Crippen molar-refractivity contribution in [2.24, 2.45) is 0 Å². The van der Waals surface area contributed by atoms with Crippen LogP contribution < -0.4 is 5.32 Å². The molecule has 14 heavy (non-hydrogen) atoms. The zero-order valence-corrected chi connectivity index (χ0v) is 8.37. The predicted molar refractivity (Wildman–Crippen MR) is 50.9 cm³/mol. The highest BCUT2D eigenvalue weighted by Gasteiger charge is 2.03. The van der Waals surface area contributed by atoms with Gasteiger partial charge < -0.3 is 15.2 Å². The highest BCUT2D eigenvalue weighted by atomic mass is 16.5. The summed E-state index contributed by atoms with van der Waals surface area (Å²) in [6.45, 7) is 2.20. The molecule has 0 fully saturated rings. The van der Waals surface area contributed by atoms with Crippen molar-refractivity contribution < 1.29 is 19.4 Å². The van der Waals surface area contributed by atoms with Crippen molar-refractivity contribution in [3.05, 3.63) is 11.6 Å². The van der Waals surface area contributed by atoms with E-state index in [1.807, 2.05) is 0 Å². The van der Waals surface area contributed by atoms with E-state index in [4.69, 9.17) is 5.11 Å². The van der Waals surface area contributed by atoms with E-state index in [1.165, 1.54) is 7.11 Å². The number of esters is 1. The Hall–Kier alpha value is -1.36. The summed E-state index contributed by atoms with van der Waals surface area (Å²) in [4.78, 5) is 21.2. The fourth-order valence-corrected chi connectivity index (χ4v) is 0.825. The summed E-state index contributed by atoms with van der Waals surface area (Å²) >= 11 is 0. The number of nitrogens with one attached hydrogen (secondary N) is 1. The summed E-state index contributed by atoms with van der Waals surface area (Å²) in [7, 11) is 1.30. The van der Waals surface area contributed by atoms with Crippen LogP contribution in [0, 0.1) is 0 Å². The Bertz CT molecular complexity index is 235. The van der Waals surface area contributed by atoms with E-state index in [9.17, 15) is 9.59 Å². The maximum Gasteiger partial charge on any atom is 0.331 e. The van der Waals surface area contributed by atoms with Crippen molar-refractivity contribution in [2.75, 3.05) is 20.2 Å². The summed E-state index contributed by atoms with van der Waals surface area (Å²) in [5, 5.41) is 11.4. The number of hydrogen-bond donors (Lipinski definition) is 2. The SMILES string of the molecule is CCC(=CCNCC(=O)OC)C(=O)O. The fourth-order valence-electron chi connectivity index (χ4n) is 0.825. The molecule has 5 nitrogen and oxygen atoms in total. The zero-order valence-electron chi connectivity index (χ0n) is 8.37. The molecule has 0 bridgehead atoms. The average molecular weight is 201 g/mol. The minimum Gasteiger partial charge on any atom is -0.478 e.